The maximum Gasteiger partial charge on any atom is 0.317 e. The molecular weight excluding hydrogens is 312 g/mol. The standard InChI is InChI=1S/C22H38O3/c1-3-5-7-9-11-13-15-17-19(16-14-12-10-8-6-4-2)20-18-21(23)25-22(20)24/h15,17,19-20H,3-14,16,18H2,1-2H3. The third-order valence-electron chi connectivity index (χ3n) is 5.17. The molecule has 1 aliphatic heterocycles. The number of ether oxygens (including phenoxy) is 1. The molecule has 144 valence electrons. The smallest absolute Gasteiger partial charge is 0.317 e. The van der Waals surface area contributed by atoms with Crippen LogP contribution in [0.15, 0.2) is 12.2 Å². The summed E-state index contributed by atoms with van der Waals surface area (Å²) in [5, 5.41) is 0. The zero-order valence-electron chi connectivity index (χ0n) is 16.4. The predicted molar refractivity (Wildman–Crippen MR) is 103 cm³/mol. The Kier molecular flexibility index (Phi) is 12.4. The van der Waals surface area contributed by atoms with E-state index in [0.717, 1.165) is 19.3 Å². The minimum absolute atomic E-state index is 0.167. The van der Waals surface area contributed by atoms with Crippen LogP contribution < -0.4 is 0 Å². The number of rotatable bonds is 15. The van der Waals surface area contributed by atoms with E-state index in [4.69, 9.17) is 4.74 Å². The van der Waals surface area contributed by atoms with Gasteiger partial charge in [0.1, 0.15) is 0 Å². The van der Waals surface area contributed by atoms with Gasteiger partial charge in [0, 0.05) is 0 Å². The minimum Gasteiger partial charge on any atom is -0.393 e. The van der Waals surface area contributed by atoms with E-state index in [0.29, 0.717) is 0 Å². The van der Waals surface area contributed by atoms with Crippen LogP contribution in [-0.2, 0) is 14.3 Å². The van der Waals surface area contributed by atoms with Crippen LogP contribution in [0, 0.1) is 11.8 Å². The van der Waals surface area contributed by atoms with Crippen LogP contribution in [0.3, 0.4) is 0 Å². The molecule has 0 aromatic rings. The Hall–Kier alpha value is -1.12. The first-order chi connectivity index (χ1) is 12.2. The third-order valence-corrected chi connectivity index (χ3v) is 5.17. The molecule has 0 aromatic heterocycles. The van der Waals surface area contributed by atoms with Crippen molar-refractivity contribution in [2.75, 3.05) is 0 Å². The topological polar surface area (TPSA) is 43.4 Å². The molecule has 0 bridgehead atoms. The quantitative estimate of drug-likeness (QED) is 0.149. The average molecular weight is 351 g/mol. The molecule has 1 aliphatic rings. The Labute approximate surface area is 154 Å². The van der Waals surface area contributed by atoms with Crippen LogP contribution in [0.1, 0.15) is 104 Å². The van der Waals surface area contributed by atoms with Gasteiger partial charge < -0.3 is 4.74 Å². The van der Waals surface area contributed by atoms with Gasteiger partial charge >= 0.3 is 11.9 Å². The first-order valence-corrected chi connectivity index (χ1v) is 10.6. The van der Waals surface area contributed by atoms with Crippen molar-refractivity contribution < 1.29 is 14.3 Å². The number of esters is 2. The SMILES string of the molecule is CCCCCCCC=CC(CCCCCCCC)C1CC(=O)OC1=O. The lowest BCUT2D eigenvalue weighted by atomic mass is 9.86. The summed E-state index contributed by atoms with van der Waals surface area (Å²) in [6.45, 7) is 4.46. The molecule has 25 heavy (non-hydrogen) atoms. The summed E-state index contributed by atoms with van der Waals surface area (Å²) in [4.78, 5) is 23.4. The zero-order valence-corrected chi connectivity index (χ0v) is 16.4. The number of allylic oxidation sites excluding steroid dienone is 2. The number of carbonyl (C=O) groups is 2. The Morgan fingerprint density at radius 1 is 0.920 bits per heavy atom. The van der Waals surface area contributed by atoms with E-state index in [2.05, 4.69) is 26.0 Å². The summed E-state index contributed by atoms with van der Waals surface area (Å²) >= 11 is 0. The monoisotopic (exact) mass is 350 g/mol. The zero-order chi connectivity index (χ0) is 18.3. The van der Waals surface area contributed by atoms with E-state index in [9.17, 15) is 9.59 Å². The molecular formula is C22H38O3. The fourth-order valence-electron chi connectivity index (χ4n) is 3.55. The van der Waals surface area contributed by atoms with Gasteiger partial charge in [-0.25, -0.2) is 0 Å². The maximum absolute atomic E-state index is 11.9. The van der Waals surface area contributed by atoms with E-state index in [1.807, 2.05) is 0 Å². The molecule has 0 spiro atoms. The second kappa shape index (κ2) is 14.1. The van der Waals surface area contributed by atoms with Gasteiger partial charge in [-0.05, 0) is 25.2 Å². The average Bonchev–Trinajstić information content (AvgIpc) is 2.93. The van der Waals surface area contributed by atoms with E-state index in [1.165, 1.54) is 64.2 Å². The summed E-state index contributed by atoms with van der Waals surface area (Å²) in [5.74, 6) is -0.746. The number of hydrogen-bond donors (Lipinski definition) is 0. The van der Waals surface area contributed by atoms with Crippen molar-refractivity contribution in [3.63, 3.8) is 0 Å². The third kappa shape index (κ3) is 9.81. The second-order valence-corrected chi connectivity index (χ2v) is 7.46. The molecule has 0 N–H and O–H groups in total. The Morgan fingerprint density at radius 2 is 1.52 bits per heavy atom. The van der Waals surface area contributed by atoms with Crippen molar-refractivity contribution in [1.82, 2.24) is 0 Å². The first kappa shape index (κ1) is 21.9. The number of unbranched alkanes of at least 4 members (excludes halogenated alkanes) is 10. The number of carbonyl (C=O) groups excluding carboxylic acids is 2. The lowest BCUT2D eigenvalue weighted by Crippen LogP contribution is -2.18. The van der Waals surface area contributed by atoms with E-state index in [1.54, 1.807) is 0 Å². The molecule has 3 heteroatoms. The summed E-state index contributed by atoms with van der Waals surface area (Å²) in [5.41, 5.74) is 0. The molecule has 0 amide bonds. The van der Waals surface area contributed by atoms with E-state index in [-0.39, 0.29) is 30.2 Å². The van der Waals surface area contributed by atoms with Gasteiger partial charge in [-0.3, -0.25) is 9.59 Å². The van der Waals surface area contributed by atoms with Crippen LogP contribution >= 0.6 is 0 Å². The van der Waals surface area contributed by atoms with Gasteiger partial charge in [-0.1, -0.05) is 90.2 Å². The Morgan fingerprint density at radius 3 is 2.12 bits per heavy atom. The molecule has 2 atom stereocenters. The van der Waals surface area contributed by atoms with Crippen molar-refractivity contribution in [2.45, 2.75) is 104 Å². The minimum atomic E-state index is -0.351. The summed E-state index contributed by atoms with van der Waals surface area (Å²) < 4.78 is 4.77. The molecule has 0 radical (unpaired) electrons. The van der Waals surface area contributed by atoms with E-state index >= 15 is 0 Å². The largest absolute Gasteiger partial charge is 0.393 e. The van der Waals surface area contributed by atoms with Crippen LogP contribution in [0.2, 0.25) is 0 Å². The molecule has 2 unspecified atom stereocenters. The van der Waals surface area contributed by atoms with Crippen molar-refractivity contribution in [1.29, 1.82) is 0 Å². The highest BCUT2D eigenvalue weighted by Crippen LogP contribution is 2.30. The molecule has 1 saturated heterocycles. The highest BCUT2D eigenvalue weighted by Gasteiger charge is 2.37. The van der Waals surface area contributed by atoms with Gasteiger partial charge in [0.2, 0.25) is 0 Å². The molecule has 1 rings (SSSR count). The molecule has 1 fully saturated rings. The first-order valence-electron chi connectivity index (χ1n) is 10.6. The van der Waals surface area contributed by atoms with Gasteiger partial charge in [0.15, 0.2) is 0 Å². The molecule has 1 heterocycles. The predicted octanol–water partition coefficient (Wildman–Crippen LogP) is 6.36. The van der Waals surface area contributed by atoms with Crippen molar-refractivity contribution in [2.24, 2.45) is 11.8 Å². The fourth-order valence-corrected chi connectivity index (χ4v) is 3.55. The molecule has 0 aliphatic carbocycles. The summed E-state index contributed by atoms with van der Waals surface area (Å²) in [7, 11) is 0. The lowest BCUT2D eigenvalue weighted by molar-refractivity contribution is -0.153. The van der Waals surface area contributed by atoms with Crippen LogP contribution in [0.4, 0.5) is 0 Å². The van der Waals surface area contributed by atoms with Gasteiger partial charge in [0.25, 0.3) is 0 Å². The van der Waals surface area contributed by atoms with Gasteiger partial charge in [0.05, 0.1) is 12.3 Å². The van der Waals surface area contributed by atoms with Crippen LogP contribution in [-0.4, -0.2) is 11.9 Å². The van der Waals surface area contributed by atoms with Crippen molar-refractivity contribution in [3.05, 3.63) is 12.2 Å². The summed E-state index contributed by atoms with van der Waals surface area (Å²) in [6, 6.07) is 0. The van der Waals surface area contributed by atoms with Crippen LogP contribution in [0.5, 0.6) is 0 Å². The van der Waals surface area contributed by atoms with Crippen LogP contribution in [0.25, 0.3) is 0 Å². The van der Waals surface area contributed by atoms with Gasteiger partial charge in [-0.2, -0.15) is 0 Å². The lowest BCUT2D eigenvalue weighted by Gasteiger charge is -2.16. The highest BCUT2D eigenvalue weighted by molar-refractivity contribution is 5.94. The molecule has 0 aromatic carbocycles. The second-order valence-electron chi connectivity index (χ2n) is 7.46. The summed E-state index contributed by atoms with van der Waals surface area (Å²) in [6.07, 6.45) is 20.7. The number of hydrogen-bond acceptors (Lipinski definition) is 3. The molecule has 0 saturated carbocycles. The van der Waals surface area contributed by atoms with Gasteiger partial charge in [-0.15, -0.1) is 0 Å². The maximum atomic E-state index is 11.9. The van der Waals surface area contributed by atoms with Crippen molar-refractivity contribution >= 4 is 11.9 Å². The highest BCUT2D eigenvalue weighted by atomic mass is 16.6. The Balaban J connectivity index is 2.37. The fraction of sp³-hybridized carbons (Fsp3) is 0.818. The van der Waals surface area contributed by atoms with E-state index < -0.39 is 0 Å². The van der Waals surface area contributed by atoms with Crippen molar-refractivity contribution in [3.8, 4) is 0 Å². The molecule has 3 nitrogen and oxygen atoms in total. The number of cyclic esters (lactones) is 2. The normalized spacial score (nSPS) is 18.9. The Bertz CT molecular complexity index is 400.